The molecule has 1 saturated carbocycles. The molecule has 1 aromatic carbocycles. The van der Waals surface area contributed by atoms with Crippen molar-refractivity contribution >= 4 is 0 Å². The lowest BCUT2D eigenvalue weighted by Gasteiger charge is -2.41. The van der Waals surface area contributed by atoms with Crippen LogP contribution in [0.3, 0.4) is 0 Å². The average molecular weight is 263 g/mol. The Hall–Kier alpha value is -0.890. The van der Waals surface area contributed by atoms with Crippen molar-refractivity contribution in [1.82, 2.24) is 5.32 Å². The Kier molecular flexibility index (Phi) is 4.98. The number of nitrogens with one attached hydrogen (secondary N) is 1. The lowest BCUT2D eigenvalue weighted by atomic mass is 9.68. The van der Waals surface area contributed by atoms with E-state index >= 15 is 0 Å². The second kappa shape index (κ2) is 6.51. The van der Waals surface area contributed by atoms with Gasteiger partial charge in [-0.3, -0.25) is 0 Å². The number of hydrogen-bond donors (Lipinski definition) is 1. The summed E-state index contributed by atoms with van der Waals surface area (Å²) in [5.74, 6) is -0.0668. The van der Waals surface area contributed by atoms with Crippen molar-refractivity contribution in [1.29, 1.82) is 0 Å². The summed E-state index contributed by atoms with van der Waals surface area (Å²) in [6, 6.07) is 7.41. The predicted octanol–water partition coefficient (Wildman–Crippen LogP) is 4.84. The van der Waals surface area contributed by atoms with Crippen molar-refractivity contribution in [2.45, 2.75) is 58.4 Å². The lowest BCUT2D eigenvalue weighted by Crippen LogP contribution is -2.38. The highest BCUT2D eigenvalue weighted by molar-refractivity contribution is 5.23. The third-order valence-electron chi connectivity index (χ3n) is 4.51. The lowest BCUT2D eigenvalue weighted by molar-refractivity contribution is 0.142. The summed E-state index contributed by atoms with van der Waals surface area (Å²) in [5.41, 5.74) is 1.04. The standard InChI is InChI=1S/C17H26FN/c1-3-13-19-16(14-9-5-6-10-15(14)18)17(2)11-7-4-8-12-17/h5-6,9-10,16,19H,3-4,7-8,11-13H2,1-2H3. The first-order chi connectivity index (χ1) is 9.17. The molecule has 1 fully saturated rings. The van der Waals surface area contributed by atoms with Crippen molar-refractivity contribution in [2.75, 3.05) is 6.54 Å². The molecule has 1 aromatic rings. The Morgan fingerprint density at radius 2 is 1.89 bits per heavy atom. The molecule has 1 aliphatic rings. The van der Waals surface area contributed by atoms with Gasteiger partial charge in [-0.2, -0.15) is 0 Å². The minimum absolute atomic E-state index is 0.0668. The van der Waals surface area contributed by atoms with Crippen LogP contribution in [-0.4, -0.2) is 6.54 Å². The van der Waals surface area contributed by atoms with Crippen LogP contribution in [0.4, 0.5) is 4.39 Å². The highest BCUT2D eigenvalue weighted by atomic mass is 19.1. The number of benzene rings is 1. The fraction of sp³-hybridized carbons (Fsp3) is 0.647. The van der Waals surface area contributed by atoms with Crippen LogP contribution in [0.1, 0.15) is 64.0 Å². The van der Waals surface area contributed by atoms with Gasteiger partial charge in [0.05, 0.1) is 0 Å². The summed E-state index contributed by atoms with van der Waals surface area (Å²) in [6.45, 7) is 5.44. The van der Waals surface area contributed by atoms with Crippen molar-refractivity contribution < 1.29 is 4.39 Å². The van der Waals surface area contributed by atoms with Crippen LogP contribution in [0.2, 0.25) is 0 Å². The van der Waals surface area contributed by atoms with Gasteiger partial charge >= 0.3 is 0 Å². The first-order valence-corrected chi connectivity index (χ1v) is 7.65. The van der Waals surface area contributed by atoms with E-state index in [1.807, 2.05) is 12.1 Å². The minimum Gasteiger partial charge on any atom is -0.309 e. The normalized spacial score (nSPS) is 20.2. The Labute approximate surface area is 116 Å². The van der Waals surface area contributed by atoms with Crippen LogP contribution >= 0.6 is 0 Å². The molecule has 0 bridgehead atoms. The van der Waals surface area contributed by atoms with Gasteiger partial charge in [-0.15, -0.1) is 0 Å². The molecule has 0 heterocycles. The van der Waals surface area contributed by atoms with E-state index in [-0.39, 0.29) is 17.3 Å². The largest absolute Gasteiger partial charge is 0.309 e. The molecule has 1 unspecified atom stereocenters. The van der Waals surface area contributed by atoms with Crippen molar-refractivity contribution in [3.63, 3.8) is 0 Å². The third kappa shape index (κ3) is 3.36. The van der Waals surface area contributed by atoms with E-state index in [2.05, 4.69) is 19.2 Å². The zero-order chi connectivity index (χ0) is 13.7. The van der Waals surface area contributed by atoms with Crippen LogP contribution < -0.4 is 5.32 Å². The molecule has 2 heteroatoms. The van der Waals surface area contributed by atoms with Gasteiger partial charge in [0.2, 0.25) is 0 Å². The molecule has 0 spiro atoms. The van der Waals surface area contributed by atoms with Gasteiger partial charge in [0, 0.05) is 11.6 Å². The zero-order valence-electron chi connectivity index (χ0n) is 12.2. The fourth-order valence-electron chi connectivity index (χ4n) is 3.38. The van der Waals surface area contributed by atoms with E-state index in [0.717, 1.165) is 18.5 Å². The summed E-state index contributed by atoms with van der Waals surface area (Å²) in [4.78, 5) is 0. The molecule has 1 atom stereocenters. The van der Waals surface area contributed by atoms with Gasteiger partial charge in [-0.25, -0.2) is 4.39 Å². The number of rotatable bonds is 5. The van der Waals surface area contributed by atoms with Crippen LogP contribution in [0.25, 0.3) is 0 Å². The molecule has 0 aliphatic heterocycles. The highest BCUT2D eigenvalue weighted by Gasteiger charge is 2.37. The van der Waals surface area contributed by atoms with Crippen LogP contribution in [0.15, 0.2) is 24.3 Å². The smallest absolute Gasteiger partial charge is 0.127 e. The van der Waals surface area contributed by atoms with E-state index in [1.165, 1.54) is 32.1 Å². The SMILES string of the molecule is CCCNC(c1ccccc1F)C1(C)CCCCC1. The Bertz CT molecular complexity index is 396. The topological polar surface area (TPSA) is 12.0 Å². The molecule has 1 N–H and O–H groups in total. The molecule has 19 heavy (non-hydrogen) atoms. The van der Waals surface area contributed by atoms with Gasteiger partial charge in [0.1, 0.15) is 5.82 Å². The predicted molar refractivity (Wildman–Crippen MR) is 78.6 cm³/mol. The number of halogens is 1. The fourth-order valence-corrected chi connectivity index (χ4v) is 3.38. The summed E-state index contributed by atoms with van der Waals surface area (Å²) < 4.78 is 14.2. The molecule has 0 saturated heterocycles. The Morgan fingerprint density at radius 3 is 2.53 bits per heavy atom. The molecular weight excluding hydrogens is 237 g/mol. The van der Waals surface area contributed by atoms with E-state index in [0.29, 0.717) is 0 Å². The molecular formula is C17H26FN. The average Bonchev–Trinajstić information content (AvgIpc) is 2.42. The first-order valence-electron chi connectivity index (χ1n) is 7.65. The molecule has 0 aromatic heterocycles. The molecule has 0 radical (unpaired) electrons. The quantitative estimate of drug-likeness (QED) is 0.801. The Morgan fingerprint density at radius 1 is 1.21 bits per heavy atom. The van der Waals surface area contributed by atoms with E-state index < -0.39 is 0 Å². The van der Waals surface area contributed by atoms with E-state index in [9.17, 15) is 4.39 Å². The maximum absolute atomic E-state index is 14.2. The second-order valence-electron chi connectivity index (χ2n) is 6.12. The monoisotopic (exact) mass is 263 g/mol. The zero-order valence-corrected chi connectivity index (χ0v) is 12.2. The summed E-state index contributed by atoms with van der Waals surface area (Å²) in [5, 5.41) is 3.60. The van der Waals surface area contributed by atoms with Crippen LogP contribution in [0.5, 0.6) is 0 Å². The van der Waals surface area contributed by atoms with Crippen molar-refractivity contribution in [3.8, 4) is 0 Å². The molecule has 2 rings (SSSR count). The van der Waals surface area contributed by atoms with Gasteiger partial charge in [-0.05, 0) is 37.3 Å². The third-order valence-corrected chi connectivity index (χ3v) is 4.51. The summed E-state index contributed by atoms with van der Waals surface area (Å²) >= 11 is 0. The number of hydrogen-bond acceptors (Lipinski definition) is 1. The molecule has 0 amide bonds. The summed E-state index contributed by atoms with van der Waals surface area (Å²) in [7, 11) is 0. The Balaban J connectivity index is 2.27. The first kappa shape index (κ1) is 14.5. The van der Waals surface area contributed by atoms with Gasteiger partial charge in [-0.1, -0.05) is 51.3 Å². The van der Waals surface area contributed by atoms with E-state index in [4.69, 9.17) is 0 Å². The minimum atomic E-state index is -0.0668. The van der Waals surface area contributed by atoms with Gasteiger partial charge in [0.25, 0.3) is 0 Å². The highest BCUT2D eigenvalue weighted by Crippen LogP contribution is 2.46. The van der Waals surface area contributed by atoms with Crippen molar-refractivity contribution in [2.24, 2.45) is 5.41 Å². The maximum atomic E-state index is 14.2. The van der Waals surface area contributed by atoms with Crippen LogP contribution in [0, 0.1) is 11.2 Å². The molecule has 1 nitrogen and oxygen atoms in total. The van der Waals surface area contributed by atoms with Crippen molar-refractivity contribution in [3.05, 3.63) is 35.6 Å². The van der Waals surface area contributed by atoms with Gasteiger partial charge in [0.15, 0.2) is 0 Å². The van der Waals surface area contributed by atoms with Gasteiger partial charge < -0.3 is 5.32 Å². The molecule has 1 aliphatic carbocycles. The summed E-state index contributed by atoms with van der Waals surface area (Å²) in [6.07, 6.45) is 7.35. The maximum Gasteiger partial charge on any atom is 0.127 e. The second-order valence-corrected chi connectivity index (χ2v) is 6.12. The molecule has 106 valence electrons. The van der Waals surface area contributed by atoms with E-state index in [1.54, 1.807) is 12.1 Å². The van der Waals surface area contributed by atoms with Crippen LogP contribution in [-0.2, 0) is 0 Å².